The van der Waals surface area contributed by atoms with Crippen molar-refractivity contribution < 1.29 is 22.8 Å². The molecule has 1 aromatic heterocycles. The van der Waals surface area contributed by atoms with Crippen molar-refractivity contribution in [1.82, 2.24) is 30.2 Å². The summed E-state index contributed by atoms with van der Waals surface area (Å²) in [6.45, 7) is 2.25. The third kappa shape index (κ3) is 8.00. The molecular formula is C16H27Cl2F3N6O2. The highest BCUT2D eigenvalue weighted by molar-refractivity contribution is 5.86. The van der Waals surface area contributed by atoms with Crippen LogP contribution in [0.25, 0.3) is 0 Å². The summed E-state index contributed by atoms with van der Waals surface area (Å²) in [4.78, 5) is 26.9. The van der Waals surface area contributed by atoms with Crippen molar-refractivity contribution >= 4 is 36.6 Å². The molecule has 0 aliphatic carbocycles. The summed E-state index contributed by atoms with van der Waals surface area (Å²) < 4.78 is 41.4. The average molecular weight is 463 g/mol. The predicted octanol–water partition coefficient (Wildman–Crippen LogP) is 0.698. The van der Waals surface area contributed by atoms with Gasteiger partial charge in [-0.2, -0.15) is 18.3 Å². The molecule has 1 aliphatic rings. The monoisotopic (exact) mass is 462 g/mol. The number of aromatic nitrogens is 2. The maximum absolute atomic E-state index is 13.3. The highest BCUT2D eigenvalue weighted by atomic mass is 35.5. The van der Waals surface area contributed by atoms with Gasteiger partial charge in [0.05, 0.1) is 6.54 Å². The fourth-order valence-electron chi connectivity index (χ4n) is 2.95. The van der Waals surface area contributed by atoms with E-state index in [1.165, 1.54) is 27.7 Å². The Morgan fingerprint density at radius 2 is 1.90 bits per heavy atom. The molecule has 13 heteroatoms. The second kappa shape index (κ2) is 12.2. The molecular weight excluding hydrogens is 436 g/mol. The number of carbonyl (C=O) groups is 2. The van der Waals surface area contributed by atoms with Gasteiger partial charge in [0.15, 0.2) is 0 Å². The van der Waals surface area contributed by atoms with E-state index in [9.17, 15) is 22.8 Å². The zero-order valence-electron chi connectivity index (χ0n) is 16.2. The van der Waals surface area contributed by atoms with E-state index in [1.54, 1.807) is 19.2 Å². The highest BCUT2D eigenvalue weighted by Crippen LogP contribution is 2.24. The van der Waals surface area contributed by atoms with E-state index in [2.05, 4.69) is 15.7 Å². The molecule has 0 radical (unpaired) electrons. The first-order valence-electron chi connectivity index (χ1n) is 8.72. The molecule has 0 bridgehead atoms. The van der Waals surface area contributed by atoms with Gasteiger partial charge in [-0.15, -0.1) is 24.8 Å². The first-order chi connectivity index (χ1) is 12.7. The van der Waals surface area contributed by atoms with Crippen molar-refractivity contribution in [2.75, 3.05) is 46.3 Å². The lowest BCUT2D eigenvalue weighted by Crippen LogP contribution is -2.58. The molecule has 0 spiro atoms. The molecule has 0 saturated carbocycles. The van der Waals surface area contributed by atoms with Crippen LogP contribution in [0.5, 0.6) is 0 Å². The molecule has 1 saturated heterocycles. The first kappa shape index (κ1) is 27.4. The van der Waals surface area contributed by atoms with Crippen molar-refractivity contribution in [1.29, 1.82) is 0 Å². The molecule has 2 rings (SSSR count). The van der Waals surface area contributed by atoms with Crippen molar-refractivity contribution in [2.24, 2.45) is 0 Å². The molecule has 2 atom stereocenters. The summed E-state index contributed by atoms with van der Waals surface area (Å²) in [5.74, 6) is -0.994. The Labute approximate surface area is 180 Å². The minimum Gasteiger partial charge on any atom is -0.353 e. The van der Waals surface area contributed by atoms with Crippen molar-refractivity contribution in [2.45, 2.75) is 25.2 Å². The predicted molar refractivity (Wildman–Crippen MR) is 106 cm³/mol. The zero-order chi connectivity index (χ0) is 20.0. The van der Waals surface area contributed by atoms with Gasteiger partial charge in [0, 0.05) is 52.2 Å². The van der Waals surface area contributed by atoms with Crippen LogP contribution in [0.15, 0.2) is 18.5 Å². The lowest BCUT2D eigenvalue weighted by Gasteiger charge is -2.36. The summed E-state index contributed by atoms with van der Waals surface area (Å²) in [6, 6.07) is -0.682. The molecule has 1 aromatic rings. The minimum absolute atomic E-state index is 0. The smallest absolute Gasteiger partial charge is 0.353 e. The van der Waals surface area contributed by atoms with Gasteiger partial charge in [0.25, 0.3) is 0 Å². The number of rotatable bonds is 7. The fourth-order valence-corrected chi connectivity index (χ4v) is 2.95. The average Bonchev–Trinajstić information content (AvgIpc) is 3.15. The van der Waals surface area contributed by atoms with E-state index in [4.69, 9.17) is 0 Å². The lowest BCUT2D eigenvalue weighted by atomic mass is 10.2. The first-order valence-corrected chi connectivity index (χ1v) is 8.72. The zero-order valence-corrected chi connectivity index (χ0v) is 17.8. The topological polar surface area (TPSA) is 82.5 Å². The molecule has 29 heavy (non-hydrogen) atoms. The van der Waals surface area contributed by atoms with Gasteiger partial charge in [-0.1, -0.05) is 0 Å². The van der Waals surface area contributed by atoms with Crippen LogP contribution < -0.4 is 10.6 Å². The Morgan fingerprint density at radius 1 is 1.28 bits per heavy atom. The third-order valence-electron chi connectivity index (χ3n) is 4.50. The molecule has 1 fully saturated rings. The molecule has 2 heterocycles. The summed E-state index contributed by atoms with van der Waals surface area (Å²) in [7, 11) is 1.43. The van der Waals surface area contributed by atoms with Gasteiger partial charge in [0.1, 0.15) is 12.1 Å². The number of piperazine rings is 1. The van der Waals surface area contributed by atoms with Gasteiger partial charge >= 0.3 is 6.18 Å². The van der Waals surface area contributed by atoms with Crippen LogP contribution in [0.2, 0.25) is 0 Å². The standard InChI is InChI=1S/C16H25F3N6O2.2ClH/c1-12(25-7-3-4-22-25)15(27)23(2)11-14(26)21-10-13(16(17,18)19)24-8-5-20-6-9-24;;/h3-4,7,12-13,20H,5-6,8-11H2,1-2H3,(H,21,26);2*1H. The maximum atomic E-state index is 13.3. The molecule has 2 N–H and O–H groups in total. The van der Waals surface area contributed by atoms with Crippen molar-refractivity contribution in [3.8, 4) is 0 Å². The number of hydrogen-bond donors (Lipinski definition) is 2. The number of hydrogen-bond acceptors (Lipinski definition) is 5. The van der Waals surface area contributed by atoms with Crippen LogP contribution in [0.4, 0.5) is 13.2 Å². The summed E-state index contributed by atoms with van der Waals surface area (Å²) in [6.07, 6.45) is -1.29. The highest BCUT2D eigenvalue weighted by Gasteiger charge is 2.43. The maximum Gasteiger partial charge on any atom is 0.405 e. The Balaban J connectivity index is 0.00000392. The number of nitrogens with one attached hydrogen (secondary N) is 2. The largest absolute Gasteiger partial charge is 0.405 e. The second-order valence-electron chi connectivity index (χ2n) is 6.50. The second-order valence-corrected chi connectivity index (χ2v) is 6.50. The number of likely N-dealkylation sites (N-methyl/N-ethyl adjacent to an activating group) is 1. The third-order valence-corrected chi connectivity index (χ3v) is 4.50. The van der Waals surface area contributed by atoms with Crippen molar-refractivity contribution in [3.05, 3.63) is 18.5 Å². The van der Waals surface area contributed by atoms with Crippen LogP contribution in [-0.4, -0.2) is 89.9 Å². The summed E-state index contributed by atoms with van der Waals surface area (Å²) in [5, 5.41) is 9.28. The number of amides is 2. The molecule has 2 unspecified atom stereocenters. The van der Waals surface area contributed by atoms with Crippen LogP contribution in [-0.2, 0) is 9.59 Å². The number of alkyl halides is 3. The van der Waals surface area contributed by atoms with Crippen LogP contribution in [0.1, 0.15) is 13.0 Å². The quantitative estimate of drug-likeness (QED) is 0.623. The van der Waals surface area contributed by atoms with Gasteiger partial charge < -0.3 is 15.5 Å². The van der Waals surface area contributed by atoms with Crippen LogP contribution in [0.3, 0.4) is 0 Å². The van der Waals surface area contributed by atoms with E-state index < -0.39 is 30.7 Å². The fraction of sp³-hybridized carbons (Fsp3) is 0.688. The van der Waals surface area contributed by atoms with E-state index in [0.717, 1.165) is 0 Å². The molecule has 168 valence electrons. The molecule has 0 aromatic carbocycles. The van der Waals surface area contributed by atoms with E-state index in [0.29, 0.717) is 13.1 Å². The number of nitrogens with zero attached hydrogens (tertiary/aromatic N) is 4. The Morgan fingerprint density at radius 3 is 2.41 bits per heavy atom. The van der Waals surface area contributed by atoms with E-state index in [-0.39, 0.29) is 50.4 Å². The summed E-state index contributed by atoms with van der Waals surface area (Å²) in [5.41, 5.74) is 0. The van der Waals surface area contributed by atoms with Crippen LogP contribution >= 0.6 is 24.8 Å². The summed E-state index contributed by atoms with van der Waals surface area (Å²) >= 11 is 0. The van der Waals surface area contributed by atoms with Gasteiger partial charge in [-0.25, -0.2) is 0 Å². The van der Waals surface area contributed by atoms with Crippen LogP contribution in [0, 0.1) is 0 Å². The van der Waals surface area contributed by atoms with Gasteiger partial charge in [-0.3, -0.25) is 19.2 Å². The van der Waals surface area contributed by atoms with Gasteiger partial charge in [-0.05, 0) is 13.0 Å². The normalized spacial score (nSPS) is 16.7. The lowest BCUT2D eigenvalue weighted by molar-refractivity contribution is -0.184. The Hall–Kier alpha value is -1.56. The van der Waals surface area contributed by atoms with E-state index in [1.807, 2.05) is 0 Å². The number of halogens is 5. The Kier molecular flexibility index (Phi) is 11.6. The van der Waals surface area contributed by atoms with Gasteiger partial charge in [0.2, 0.25) is 11.8 Å². The molecule has 1 aliphatic heterocycles. The minimum atomic E-state index is -4.44. The Bertz CT molecular complexity index is 627. The molecule has 8 nitrogen and oxygen atoms in total. The van der Waals surface area contributed by atoms with E-state index >= 15 is 0 Å². The molecule has 2 amide bonds. The SMILES string of the molecule is CC(C(=O)N(C)CC(=O)NCC(N1CCNCC1)C(F)(F)F)n1cccn1.Cl.Cl. The van der Waals surface area contributed by atoms with Crippen molar-refractivity contribution in [3.63, 3.8) is 0 Å². The number of carbonyl (C=O) groups excluding carboxylic acids is 2.